The number of benzene rings is 4. The molecule has 0 fully saturated rings. The van der Waals surface area contributed by atoms with Crippen LogP contribution in [0.5, 0.6) is 11.5 Å². The van der Waals surface area contributed by atoms with Crippen molar-refractivity contribution in [3.05, 3.63) is 132 Å². The van der Waals surface area contributed by atoms with Gasteiger partial charge in [-0.25, -0.2) is 4.98 Å². The van der Waals surface area contributed by atoms with Gasteiger partial charge in [-0.3, -0.25) is 4.68 Å². The molecular weight excluding hydrogens is 760 g/mol. The molecule has 5 nitrogen and oxygen atoms in total. The molecule has 4 aromatic carbocycles. The molecule has 3 aromatic heterocycles. The number of rotatable bonds is 10. The quantitative estimate of drug-likeness (QED) is 0.130. The third kappa shape index (κ3) is 6.42. The zero-order valence-electron chi connectivity index (χ0n) is 27.2. The number of hydrogen-bond donors (Lipinski definition) is 0. The summed E-state index contributed by atoms with van der Waals surface area (Å²) in [6, 6.07) is 36.3. The van der Waals surface area contributed by atoms with Crippen LogP contribution in [0.2, 0.25) is 0 Å². The molecule has 3 heterocycles. The SMILES string of the molecule is CCCc1cccc(CCC)c1-c1cnn(-c2[c-]c(Oc3[c-]c4c(cc3)c3ccccc3n4-c3cc(C(C)C)ccn3)ccc2)c1.[Pt+2]. The molecule has 0 unspecified atom stereocenters. The molecule has 0 spiro atoms. The van der Waals surface area contributed by atoms with Crippen LogP contribution in [0, 0.1) is 12.1 Å². The Bertz CT molecular complexity index is 2130. The summed E-state index contributed by atoms with van der Waals surface area (Å²) in [5.41, 5.74) is 9.28. The van der Waals surface area contributed by atoms with E-state index in [-0.39, 0.29) is 21.1 Å². The summed E-state index contributed by atoms with van der Waals surface area (Å²) in [6.45, 7) is 8.87. The van der Waals surface area contributed by atoms with Gasteiger partial charge in [-0.1, -0.05) is 82.5 Å². The van der Waals surface area contributed by atoms with E-state index in [1.165, 1.54) is 22.3 Å². The number of para-hydroxylation sites is 1. The first kappa shape index (κ1) is 32.5. The fourth-order valence-corrected chi connectivity index (χ4v) is 6.40. The Kier molecular flexibility index (Phi) is 9.75. The van der Waals surface area contributed by atoms with E-state index in [9.17, 15) is 0 Å². The van der Waals surface area contributed by atoms with E-state index < -0.39 is 0 Å². The van der Waals surface area contributed by atoms with Crippen molar-refractivity contribution in [3.8, 4) is 34.1 Å². The summed E-state index contributed by atoms with van der Waals surface area (Å²) in [4.78, 5) is 4.76. The maximum atomic E-state index is 6.41. The molecule has 0 aliphatic heterocycles. The molecule has 0 aliphatic carbocycles. The van der Waals surface area contributed by atoms with Crippen molar-refractivity contribution in [3.63, 3.8) is 0 Å². The summed E-state index contributed by atoms with van der Waals surface area (Å²) < 4.78 is 10.5. The Labute approximate surface area is 291 Å². The Hall–Kier alpha value is -4.47. The number of aromatic nitrogens is 4. The van der Waals surface area contributed by atoms with Gasteiger partial charge in [-0.2, -0.15) is 17.2 Å². The van der Waals surface area contributed by atoms with Gasteiger partial charge in [0, 0.05) is 35.0 Å². The van der Waals surface area contributed by atoms with Gasteiger partial charge >= 0.3 is 21.1 Å². The van der Waals surface area contributed by atoms with Crippen molar-refractivity contribution < 1.29 is 25.8 Å². The molecule has 0 aliphatic rings. The average Bonchev–Trinajstić information content (AvgIpc) is 3.69. The van der Waals surface area contributed by atoms with Crippen molar-refractivity contribution in [1.82, 2.24) is 19.3 Å². The third-order valence-corrected chi connectivity index (χ3v) is 8.59. The van der Waals surface area contributed by atoms with Crippen LogP contribution in [0.15, 0.2) is 104 Å². The molecule has 0 radical (unpaired) electrons. The van der Waals surface area contributed by atoms with Gasteiger partial charge in [0.15, 0.2) is 0 Å². The predicted molar refractivity (Wildman–Crippen MR) is 187 cm³/mol. The monoisotopic (exact) mass is 797 g/mol. The molecule has 0 amide bonds. The second-order valence-corrected chi connectivity index (χ2v) is 12.2. The number of hydrogen-bond acceptors (Lipinski definition) is 3. The molecule has 47 heavy (non-hydrogen) atoms. The molecule has 7 aromatic rings. The van der Waals surface area contributed by atoms with Gasteiger partial charge in [-0.05, 0) is 70.3 Å². The first-order valence-corrected chi connectivity index (χ1v) is 16.3. The van der Waals surface area contributed by atoms with E-state index in [1.807, 2.05) is 41.3 Å². The number of nitrogens with zero attached hydrogens (tertiary/aromatic N) is 4. The van der Waals surface area contributed by atoms with Crippen LogP contribution in [0.25, 0.3) is 44.4 Å². The van der Waals surface area contributed by atoms with Crippen molar-refractivity contribution in [2.45, 2.75) is 59.3 Å². The summed E-state index contributed by atoms with van der Waals surface area (Å²) >= 11 is 0. The van der Waals surface area contributed by atoms with E-state index in [0.29, 0.717) is 17.4 Å². The fraction of sp³-hybridized carbons (Fsp3) is 0.220. The topological polar surface area (TPSA) is 44.9 Å². The molecule has 7 rings (SSSR count). The van der Waals surface area contributed by atoms with Crippen molar-refractivity contribution in [1.29, 1.82) is 0 Å². The first-order valence-electron chi connectivity index (χ1n) is 16.3. The van der Waals surface area contributed by atoms with Crippen LogP contribution in [0.4, 0.5) is 0 Å². The number of aryl methyl sites for hydroxylation is 2. The van der Waals surface area contributed by atoms with Crippen LogP contribution in [-0.2, 0) is 33.9 Å². The number of fused-ring (bicyclic) bond motifs is 3. The second-order valence-electron chi connectivity index (χ2n) is 12.2. The minimum atomic E-state index is 0. The van der Waals surface area contributed by atoms with Crippen LogP contribution >= 0.6 is 0 Å². The number of ether oxygens (including phenoxy) is 1. The standard InChI is InChI=1S/C41H38N4O.Pt/c1-5-11-29-13-9-14-30(12-6-2)41(29)32-26-43-44(27-32)33-15-10-16-34(24-33)46-35-19-20-37-36-17-7-8-18-38(36)45(39(37)25-35)40-23-31(28(3)4)21-22-42-40;/h7-10,13-23,26-28H,5-6,11-12H2,1-4H3;/q-2;+2. The molecular formula is C41H38N4OPt. The molecule has 0 N–H and O–H groups in total. The van der Waals surface area contributed by atoms with Gasteiger partial charge in [0.1, 0.15) is 5.82 Å². The fourth-order valence-electron chi connectivity index (χ4n) is 6.40. The first-order chi connectivity index (χ1) is 22.5. The molecule has 0 saturated carbocycles. The average molecular weight is 798 g/mol. The van der Waals surface area contributed by atoms with Gasteiger partial charge in [0.05, 0.1) is 6.20 Å². The van der Waals surface area contributed by atoms with Crippen molar-refractivity contribution in [2.75, 3.05) is 0 Å². The minimum absolute atomic E-state index is 0. The third-order valence-electron chi connectivity index (χ3n) is 8.59. The largest absolute Gasteiger partial charge is 2.00 e. The van der Waals surface area contributed by atoms with Crippen molar-refractivity contribution in [2.24, 2.45) is 0 Å². The van der Waals surface area contributed by atoms with E-state index in [4.69, 9.17) is 14.8 Å². The van der Waals surface area contributed by atoms with Crippen LogP contribution in [0.3, 0.4) is 0 Å². The van der Waals surface area contributed by atoms with E-state index in [2.05, 4.69) is 111 Å². The van der Waals surface area contributed by atoms with Gasteiger partial charge in [0.2, 0.25) is 0 Å². The van der Waals surface area contributed by atoms with Gasteiger partial charge in [0.25, 0.3) is 0 Å². The maximum absolute atomic E-state index is 6.41. The Morgan fingerprint density at radius 3 is 2.30 bits per heavy atom. The molecule has 0 atom stereocenters. The summed E-state index contributed by atoms with van der Waals surface area (Å²) in [7, 11) is 0. The molecule has 238 valence electrons. The smallest absolute Gasteiger partial charge is 0.509 e. The Balaban J connectivity index is 0.00000386. The van der Waals surface area contributed by atoms with Crippen LogP contribution in [-0.4, -0.2) is 19.3 Å². The molecule has 0 bridgehead atoms. The number of pyridine rings is 1. The minimum Gasteiger partial charge on any atom is -0.509 e. The zero-order valence-corrected chi connectivity index (χ0v) is 29.5. The van der Waals surface area contributed by atoms with Crippen molar-refractivity contribution >= 4 is 21.8 Å². The second kappa shape index (κ2) is 14.1. The van der Waals surface area contributed by atoms with E-state index in [0.717, 1.165) is 64.6 Å². The Morgan fingerprint density at radius 2 is 1.53 bits per heavy atom. The Morgan fingerprint density at radius 1 is 0.787 bits per heavy atom. The summed E-state index contributed by atoms with van der Waals surface area (Å²) in [5, 5.41) is 7.01. The maximum Gasteiger partial charge on any atom is 2.00 e. The molecule has 6 heteroatoms. The van der Waals surface area contributed by atoms with E-state index >= 15 is 0 Å². The zero-order chi connectivity index (χ0) is 31.6. The van der Waals surface area contributed by atoms with Crippen LogP contribution < -0.4 is 4.74 Å². The van der Waals surface area contributed by atoms with Gasteiger partial charge < -0.3 is 9.30 Å². The molecule has 0 saturated heterocycles. The van der Waals surface area contributed by atoms with E-state index in [1.54, 1.807) is 0 Å². The normalized spacial score (nSPS) is 11.3. The predicted octanol–water partition coefficient (Wildman–Crippen LogP) is 10.4. The summed E-state index contributed by atoms with van der Waals surface area (Å²) in [5.74, 6) is 2.49. The van der Waals surface area contributed by atoms with Gasteiger partial charge in [-0.15, -0.1) is 35.7 Å². The van der Waals surface area contributed by atoms with Crippen LogP contribution in [0.1, 0.15) is 63.1 Å². The summed E-state index contributed by atoms with van der Waals surface area (Å²) in [6.07, 6.45) is 10.3.